The number of aliphatic carboxylic acids is 1. The number of anilines is 1. The van der Waals surface area contributed by atoms with Crippen LogP contribution in [0, 0.1) is 0 Å². The molecule has 6 heteroatoms. The Kier molecular flexibility index (Phi) is 5.23. The molecular weight excluding hydrogens is 341 g/mol. The van der Waals surface area contributed by atoms with Crippen LogP contribution in [0.4, 0.5) is 5.69 Å². The van der Waals surface area contributed by atoms with Gasteiger partial charge in [0.25, 0.3) is 5.91 Å². The van der Waals surface area contributed by atoms with Gasteiger partial charge in [0.15, 0.2) is 0 Å². The van der Waals surface area contributed by atoms with E-state index in [0.29, 0.717) is 17.7 Å². The summed E-state index contributed by atoms with van der Waals surface area (Å²) in [6.07, 6.45) is 0.562. The molecule has 26 heavy (non-hydrogen) atoms. The molecule has 2 aromatic rings. The first-order valence-corrected chi connectivity index (χ1v) is 8.12. The van der Waals surface area contributed by atoms with Crippen molar-refractivity contribution in [1.29, 1.82) is 0 Å². The number of benzene rings is 2. The minimum Gasteiger partial charge on any atom is -1.00 e. The second kappa shape index (κ2) is 7.27. The van der Waals surface area contributed by atoms with Crippen LogP contribution in [0.1, 0.15) is 36.9 Å². The molecule has 0 saturated carbocycles. The van der Waals surface area contributed by atoms with Crippen LogP contribution >= 0.6 is 0 Å². The Morgan fingerprint density at radius 1 is 1.27 bits per heavy atom. The van der Waals surface area contributed by atoms with E-state index in [1.165, 1.54) is 0 Å². The molecule has 2 aromatic carbocycles. The van der Waals surface area contributed by atoms with Gasteiger partial charge < -0.3 is 16.6 Å². The van der Waals surface area contributed by atoms with Crippen molar-refractivity contribution in [2.24, 2.45) is 0 Å². The number of hydrogen-bond donors (Lipinski definition) is 2. The third-order valence-corrected chi connectivity index (χ3v) is 4.87. The van der Waals surface area contributed by atoms with E-state index >= 15 is 0 Å². The predicted molar refractivity (Wildman–Crippen MR) is 95.6 cm³/mol. The summed E-state index contributed by atoms with van der Waals surface area (Å²) in [6.45, 7) is 0. The number of carboxylic acids is 1. The molecule has 1 heterocycles. The number of fused-ring (bicyclic) bond motifs is 2. The second-order valence-electron chi connectivity index (χ2n) is 6.31. The number of allylic oxidation sites excluding steroid dienone is 1. The second-order valence-corrected chi connectivity index (χ2v) is 6.31. The van der Waals surface area contributed by atoms with Crippen LogP contribution < -0.4 is 39.6 Å². The number of methoxy groups -OCH3 is 1. The number of hydrogen-bond acceptors (Lipinski definition) is 3. The summed E-state index contributed by atoms with van der Waals surface area (Å²) in [7, 11) is 1.59. The summed E-state index contributed by atoms with van der Waals surface area (Å²) in [6, 6.07) is 13.2. The van der Waals surface area contributed by atoms with Gasteiger partial charge in [-0.2, -0.15) is 0 Å². The van der Waals surface area contributed by atoms with Gasteiger partial charge in [0.1, 0.15) is 5.75 Å². The molecule has 0 spiro atoms. The molecule has 0 bridgehead atoms. The normalized spacial score (nSPS) is 20.0. The minimum absolute atomic E-state index is 0. The summed E-state index contributed by atoms with van der Waals surface area (Å²) >= 11 is 0. The number of carbonyl (C=O) groups is 2. The molecule has 0 radical (unpaired) electrons. The monoisotopic (exact) mass is 359 g/mol. The van der Waals surface area contributed by atoms with Crippen molar-refractivity contribution in [3.63, 3.8) is 0 Å². The van der Waals surface area contributed by atoms with E-state index in [2.05, 4.69) is 5.32 Å². The zero-order valence-corrected chi connectivity index (χ0v) is 16.7. The summed E-state index contributed by atoms with van der Waals surface area (Å²) in [5.74, 6) is -0.447. The fourth-order valence-corrected chi connectivity index (χ4v) is 3.79. The van der Waals surface area contributed by atoms with E-state index in [0.717, 1.165) is 28.0 Å². The van der Waals surface area contributed by atoms with Crippen molar-refractivity contribution >= 4 is 28.7 Å². The Balaban J connectivity index is 0.00000131. The van der Waals surface area contributed by atoms with Crippen LogP contribution in [0.25, 0.3) is 11.1 Å². The Morgan fingerprint density at radius 2 is 2.04 bits per heavy atom. The van der Waals surface area contributed by atoms with E-state index < -0.39 is 5.97 Å². The molecule has 1 aliphatic carbocycles. The molecule has 5 nitrogen and oxygen atoms in total. The van der Waals surface area contributed by atoms with E-state index in [1.807, 2.05) is 42.5 Å². The predicted octanol–water partition coefficient (Wildman–Crippen LogP) is 0.637. The molecule has 128 valence electrons. The molecule has 1 amide bonds. The van der Waals surface area contributed by atoms with Gasteiger partial charge in [0.05, 0.1) is 19.1 Å². The van der Waals surface area contributed by atoms with Gasteiger partial charge in [-0.1, -0.05) is 24.3 Å². The zero-order valence-electron chi connectivity index (χ0n) is 15.7. The number of rotatable bonds is 3. The number of ether oxygens (including phenoxy) is 1. The Morgan fingerprint density at radius 3 is 2.77 bits per heavy atom. The number of para-hydroxylation sites is 1. The summed E-state index contributed by atoms with van der Waals surface area (Å²) < 4.78 is 5.29. The largest absolute Gasteiger partial charge is 1.00 e. The summed E-state index contributed by atoms with van der Waals surface area (Å²) in [4.78, 5) is 23.9. The Bertz CT molecular complexity index is 941. The average molecular weight is 359 g/mol. The van der Waals surface area contributed by atoms with Crippen molar-refractivity contribution in [1.82, 2.24) is 0 Å². The maximum Gasteiger partial charge on any atom is 1.00 e. The van der Waals surface area contributed by atoms with Crippen molar-refractivity contribution in [3.05, 3.63) is 59.2 Å². The maximum atomic E-state index is 12.6. The van der Waals surface area contributed by atoms with Crippen LogP contribution in [0.5, 0.6) is 5.75 Å². The standard InChI is InChI=1S/C20H17NO4.Na.H/c1-25-12-6-7-13-15(10-12)11(9-18(22)23)8-16(13)19-14-4-2-3-5-17(14)21-20(19)24;;/h2-7,10-11H,8-9H2,1H3,(H,21,24)(H,22,23);;/q;+1;-1/b19-16-;;. The summed E-state index contributed by atoms with van der Waals surface area (Å²) in [5, 5.41) is 12.2. The fraction of sp³-hybridized carbons (Fsp3) is 0.200. The quantitative estimate of drug-likeness (QED) is 0.623. The van der Waals surface area contributed by atoms with E-state index in [4.69, 9.17) is 4.74 Å². The van der Waals surface area contributed by atoms with Crippen LogP contribution in [-0.4, -0.2) is 24.1 Å². The van der Waals surface area contributed by atoms with Gasteiger partial charge >= 0.3 is 35.5 Å². The Labute approximate surface area is 174 Å². The van der Waals surface area contributed by atoms with Crippen molar-refractivity contribution in [2.75, 3.05) is 12.4 Å². The van der Waals surface area contributed by atoms with Crippen LogP contribution in [0.15, 0.2) is 42.5 Å². The number of carbonyl (C=O) groups excluding carboxylic acids is 1. The fourth-order valence-electron chi connectivity index (χ4n) is 3.79. The van der Waals surface area contributed by atoms with Gasteiger partial charge in [0.2, 0.25) is 0 Å². The third-order valence-electron chi connectivity index (χ3n) is 4.87. The van der Waals surface area contributed by atoms with Gasteiger partial charge in [-0.05, 0) is 47.2 Å². The molecule has 2 N–H and O–H groups in total. The first-order valence-electron chi connectivity index (χ1n) is 8.12. The zero-order chi connectivity index (χ0) is 17.6. The van der Waals surface area contributed by atoms with E-state index in [-0.39, 0.29) is 49.2 Å². The maximum absolute atomic E-state index is 12.6. The molecule has 1 unspecified atom stereocenters. The molecule has 0 fully saturated rings. The van der Waals surface area contributed by atoms with Crippen molar-refractivity contribution in [3.8, 4) is 5.75 Å². The van der Waals surface area contributed by atoms with Gasteiger partial charge in [-0.15, -0.1) is 0 Å². The molecular formula is C20H18NNaO4. The first kappa shape index (κ1) is 18.7. The first-order chi connectivity index (χ1) is 12.1. The minimum atomic E-state index is -0.846. The SMILES string of the molecule is COc1ccc2c(c1)C(CC(=O)O)C/C2=C1/C(=O)Nc2ccccc21.[H-].[Na+]. The number of carboxylic acid groups (broad SMARTS) is 1. The molecule has 4 rings (SSSR count). The molecule has 1 aliphatic heterocycles. The number of amides is 1. The third kappa shape index (κ3) is 3.07. The van der Waals surface area contributed by atoms with Crippen molar-refractivity contribution < 1.29 is 50.4 Å². The average Bonchev–Trinajstić information content (AvgIpc) is 3.10. The van der Waals surface area contributed by atoms with Gasteiger partial charge in [-0.3, -0.25) is 9.59 Å². The molecule has 0 saturated heterocycles. The van der Waals surface area contributed by atoms with E-state index in [9.17, 15) is 14.7 Å². The topological polar surface area (TPSA) is 75.6 Å². The number of nitrogens with one attached hydrogen (secondary N) is 1. The Hall–Kier alpha value is -2.08. The van der Waals surface area contributed by atoms with Crippen molar-refractivity contribution in [2.45, 2.75) is 18.8 Å². The summed E-state index contributed by atoms with van der Waals surface area (Å²) in [5.41, 5.74) is 5.10. The molecule has 2 aliphatic rings. The van der Waals surface area contributed by atoms with E-state index in [1.54, 1.807) is 7.11 Å². The molecule has 1 atom stereocenters. The van der Waals surface area contributed by atoms with Crippen LogP contribution in [0.3, 0.4) is 0 Å². The smallest absolute Gasteiger partial charge is 1.00 e. The van der Waals surface area contributed by atoms with Gasteiger partial charge in [0, 0.05) is 11.3 Å². The van der Waals surface area contributed by atoms with Crippen LogP contribution in [-0.2, 0) is 9.59 Å². The molecule has 0 aromatic heterocycles. The van der Waals surface area contributed by atoms with Crippen LogP contribution in [0.2, 0.25) is 0 Å². The van der Waals surface area contributed by atoms with Gasteiger partial charge in [-0.25, -0.2) is 0 Å².